The molecular formula is C62H84. The molecule has 0 spiro atoms. The van der Waals surface area contributed by atoms with Crippen molar-refractivity contribution in [1.82, 2.24) is 0 Å². The van der Waals surface area contributed by atoms with Crippen molar-refractivity contribution in [2.75, 3.05) is 0 Å². The van der Waals surface area contributed by atoms with E-state index < -0.39 is 0 Å². The minimum absolute atomic E-state index is 0.0386. The average molecular weight is 829 g/mol. The zero-order valence-corrected chi connectivity index (χ0v) is 43.9. The predicted molar refractivity (Wildman–Crippen MR) is 274 cm³/mol. The van der Waals surface area contributed by atoms with Crippen molar-refractivity contribution in [3.8, 4) is 0 Å². The van der Waals surface area contributed by atoms with E-state index in [1.54, 1.807) is 0 Å². The summed E-state index contributed by atoms with van der Waals surface area (Å²) in [6.07, 6.45) is 0. The normalized spacial score (nSPS) is 13.2. The molecule has 0 aromatic heterocycles. The van der Waals surface area contributed by atoms with Gasteiger partial charge in [0.2, 0.25) is 0 Å². The standard InChI is InChI=1S/C62H84/c1-55(2,3)45-29-41(30-46(37-45)56(4,5)6)53(42-31-47(57(7,8)9)38-48(32-42)58(10,11)12)27-25-26-28-54(43-33-49(59(13,14)15)39-50(34-43)60(16,17)18)44-35-51(61(19,20)21)40-52(36-44)62(22,23)24/h29-40H,1-24H3. The van der Waals surface area contributed by atoms with Gasteiger partial charge in [0.25, 0.3) is 0 Å². The highest BCUT2D eigenvalue weighted by molar-refractivity contribution is 5.82. The van der Waals surface area contributed by atoms with Crippen LogP contribution in [0.4, 0.5) is 0 Å². The second kappa shape index (κ2) is 17.0. The summed E-state index contributed by atoms with van der Waals surface area (Å²) < 4.78 is 0. The zero-order valence-electron chi connectivity index (χ0n) is 43.9. The molecule has 0 radical (unpaired) electrons. The van der Waals surface area contributed by atoms with Gasteiger partial charge in [-0.1, -0.05) is 202 Å². The molecule has 0 amide bonds. The van der Waals surface area contributed by atoms with Crippen LogP contribution in [0, 0.1) is 0 Å². The van der Waals surface area contributed by atoms with Crippen LogP contribution in [-0.4, -0.2) is 0 Å². The van der Waals surface area contributed by atoms with Gasteiger partial charge in [0.15, 0.2) is 0 Å². The Balaban J connectivity index is 2.38. The van der Waals surface area contributed by atoms with Gasteiger partial charge in [-0.3, -0.25) is 0 Å². The topological polar surface area (TPSA) is 0 Å². The Labute approximate surface area is 381 Å². The summed E-state index contributed by atoms with van der Waals surface area (Å²) in [5.74, 6) is 0. The number of rotatable bonds is 4. The molecule has 0 N–H and O–H groups in total. The van der Waals surface area contributed by atoms with Crippen LogP contribution in [0.2, 0.25) is 0 Å². The second-order valence-electron chi connectivity index (χ2n) is 26.4. The minimum atomic E-state index is -0.0386. The van der Waals surface area contributed by atoms with E-state index >= 15 is 0 Å². The Morgan fingerprint density at radius 2 is 0.355 bits per heavy atom. The summed E-state index contributed by atoms with van der Waals surface area (Å²) in [6, 6.07) is 28.6. The number of hydrogen-bond acceptors (Lipinski definition) is 0. The molecule has 0 saturated carbocycles. The van der Waals surface area contributed by atoms with Crippen molar-refractivity contribution in [3.05, 3.63) is 162 Å². The fourth-order valence-corrected chi connectivity index (χ4v) is 7.36. The molecular weight excluding hydrogens is 745 g/mol. The van der Waals surface area contributed by atoms with Crippen molar-refractivity contribution < 1.29 is 0 Å². The van der Waals surface area contributed by atoms with Gasteiger partial charge >= 0.3 is 0 Å². The molecule has 0 atom stereocenters. The third-order valence-corrected chi connectivity index (χ3v) is 12.3. The van der Waals surface area contributed by atoms with E-state index in [4.69, 9.17) is 0 Å². The van der Waals surface area contributed by atoms with Gasteiger partial charge in [0.05, 0.1) is 0 Å². The van der Waals surface area contributed by atoms with Crippen LogP contribution in [0.25, 0.3) is 11.1 Å². The molecule has 0 heteroatoms. The molecule has 4 aromatic rings. The van der Waals surface area contributed by atoms with Crippen molar-refractivity contribution >= 4 is 11.1 Å². The molecule has 0 aliphatic carbocycles. The van der Waals surface area contributed by atoms with Gasteiger partial charge in [-0.05, 0) is 170 Å². The van der Waals surface area contributed by atoms with Crippen LogP contribution in [0.15, 0.2) is 95.7 Å². The highest BCUT2D eigenvalue weighted by Crippen LogP contribution is 2.40. The maximum Gasteiger partial charge on any atom is 0.0400 e. The van der Waals surface area contributed by atoms with Gasteiger partial charge in [0.1, 0.15) is 0 Å². The van der Waals surface area contributed by atoms with Crippen molar-refractivity contribution in [1.29, 1.82) is 0 Å². The molecule has 0 fully saturated rings. The highest BCUT2D eigenvalue weighted by Gasteiger charge is 2.27. The SMILES string of the molecule is CC(C)(C)c1cc(C(=C=C=C=C=C(c2cc(C(C)(C)C)cc(C(C)(C)C)c2)c2cc(C(C)(C)C)cc(C(C)(C)C)c2)c2cc(C(C)(C)C)cc(C(C)(C)C)c2)cc(C(C)(C)C)c1. The molecule has 0 aliphatic heterocycles. The molecule has 0 saturated heterocycles. The van der Waals surface area contributed by atoms with Crippen molar-refractivity contribution in [3.63, 3.8) is 0 Å². The van der Waals surface area contributed by atoms with Gasteiger partial charge < -0.3 is 0 Å². The number of benzene rings is 4. The lowest BCUT2D eigenvalue weighted by Crippen LogP contribution is -2.18. The Bertz CT molecular complexity index is 2010. The quantitative estimate of drug-likeness (QED) is 0.180. The predicted octanol–water partition coefficient (Wildman–Crippen LogP) is 17.7. The lowest BCUT2D eigenvalue weighted by Gasteiger charge is -2.28. The van der Waals surface area contributed by atoms with Crippen LogP contribution >= 0.6 is 0 Å². The first-order chi connectivity index (χ1) is 27.8. The van der Waals surface area contributed by atoms with Crippen LogP contribution < -0.4 is 0 Å². The Hall–Kier alpha value is -4.26. The summed E-state index contributed by atoms with van der Waals surface area (Å²) in [5.41, 5.74) is 31.3. The maximum absolute atomic E-state index is 3.75. The summed E-state index contributed by atoms with van der Waals surface area (Å²) in [7, 11) is 0. The molecule has 0 bridgehead atoms. The van der Waals surface area contributed by atoms with Gasteiger partial charge in [-0.15, -0.1) is 0 Å². The Morgan fingerprint density at radius 1 is 0.226 bits per heavy atom. The van der Waals surface area contributed by atoms with Gasteiger partial charge in [-0.25, -0.2) is 0 Å². The summed E-state index contributed by atoms with van der Waals surface area (Å²) >= 11 is 0. The summed E-state index contributed by atoms with van der Waals surface area (Å²) in [4.78, 5) is 0. The van der Waals surface area contributed by atoms with Crippen LogP contribution in [0.1, 0.15) is 233 Å². The monoisotopic (exact) mass is 829 g/mol. The van der Waals surface area contributed by atoms with E-state index in [2.05, 4.69) is 262 Å². The van der Waals surface area contributed by atoms with Crippen LogP contribution in [0.5, 0.6) is 0 Å². The molecule has 0 aliphatic rings. The molecule has 0 heterocycles. The highest BCUT2D eigenvalue weighted by atomic mass is 14.3. The first-order valence-electron chi connectivity index (χ1n) is 23.2. The van der Waals surface area contributed by atoms with Gasteiger partial charge in [-0.2, -0.15) is 0 Å². The number of hydrogen-bond donors (Lipinski definition) is 0. The molecule has 4 aromatic carbocycles. The maximum atomic E-state index is 3.75. The summed E-state index contributed by atoms with van der Waals surface area (Å²) in [6.45, 7) is 55.4. The smallest absolute Gasteiger partial charge is 0.0400 e. The second-order valence-corrected chi connectivity index (χ2v) is 26.4. The van der Waals surface area contributed by atoms with E-state index in [1.807, 2.05) is 0 Å². The molecule has 0 unspecified atom stereocenters. The molecule has 4 rings (SSSR count). The van der Waals surface area contributed by atoms with E-state index in [0.29, 0.717) is 0 Å². The van der Waals surface area contributed by atoms with Crippen molar-refractivity contribution in [2.45, 2.75) is 209 Å². The third kappa shape index (κ3) is 12.7. The van der Waals surface area contributed by atoms with Crippen molar-refractivity contribution in [2.24, 2.45) is 0 Å². The van der Waals surface area contributed by atoms with Gasteiger partial charge in [0, 0.05) is 11.1 Å². The first-order valence-corrected chi connectivity index (χ1v) is 23.2. The lowest BCUT2D eigenvalue weighted by atomic mass is 9.76. The Kier molecular flexibility index (Phi) is 13.8. The lowest BCUT2D eigenvalue weighted by molar-refractivity contribution is 0.567. The molecule has 0 nitrogen and oxygen atoms in total. The van der Waals surface area contributed by atoms with E-state index in [9.17, 15) is 0 Å². The summed E-state index contributed by atoms with van der Waals surface area (Å²) in [5, 5.41) is 0. The minimum Gasteiger partial charge on any atom is -0.0561 e. The third-order valence-electron chi connectivity index (χ3n) is 12.3. The first kappa shape index (κ1) is 50.4. The fourth-order valence-electron chi connectivity index (χ4n) is 7.36. The average Bonchev–Trinajstić information content (AvgIpc) is 3.09. The van der Waals surface area contributed by atoms with E-state index in [1.165, 1.54) is 44.5 Å². The molecule has 62 heavy (non-hydrogen) atoms. The fraction of sp³-hybridized carbons (Fsp3) is 0.516. The van der Waals surface area contributed by atoms with E-state index in [0.717, 1.165) is 33.4 Å². The Morgan fingerprint density at radius 3 is 0.468 bits per heavy atom. The molecule has 332 valence electrons. The zero-order chi connectivity index (χ0) is 47.4. The largest absolute Gasteiger partial charge is 0.0561 e. The van der Waals surface area contributed by atoms with Crippen LogP contribution in [-0.2, 0) is 43.3 Å². The van der Waals surface area contributed by atoms with E-state index in [-0.39, 0.29) is 43.3 Å². The van der Waals surface area contributed by atoms with Crippen LogP contribution in [0.3, 0.4) is 0 Å².